The Balaban J connectivity index is 1.97. The monoisotopic (exact) mass is 375 g/mol. The number of anilines is 1. The fourth-order valence-corrected chi connectivity index (χ4v) is 2.72. The van der Waals surface area contributed by atoms with Gasteiger partial charge < -0.3 is 5.32 Å². The molecule has 2 aromatic rings. The second-order valence-corrected chi connectivity index (χ2v) is 5.94. The minimum Gasteiger partial charge on any atom is -0.322 e. The van der Waals surface area contributed by atoms with Gasteiger partial charge in [0.25, 0.3) is 0 Å². The summed E-state index contributed by atoms with van der Waals surface area (Å²) in [6.45, 7) is 0. The Morgan fingerprint density at radius 2 is 1.76 bits per heavy atom. The van der Waals surface area contributed by atoms with Gasteiger partial charge in [-0.25, -0.2) is 13.2 Å². The highest BCUT2D eigenvalue weighted by atomic mass is 79.9. The first-order valence-corrected chi connectivity index (χ1v) is 7.56. The van der Waals surface area contributed by atoms with Crippen molar-refractivity contribution in [1.82, 2.24) is 0 Å². The van der Waals surface area contributed by atoms with Crippen molar-refractivity contribution in [1.29, 1.82) is 0 Å². The molecule has 21 heavy (non-hydrogen) atoms. The maximum atomic E-state index is 13.5. The van der Waals surface area contributed by atoms with E-state index < -0.39 is 17.5 Å². The highest BCUT2D eigenvalue weighted by Crippen LogP contribution is 2.27. The molecule has 0 spiro atoms. The van der Waals surface area contributed by atoms with E-state index >= 15 is 0 Å². The summed E-state index contributed by atoms with van der Waals surface area (Å²) in [4.78, 5) is 12.5. The molecule has 1 N–H and O–H groups in total. The van der Waals surface area contributed by atoms with E-state index in [0.29, 0.717) is 11.0 Å². The van der Waals surface area contributed by atoms with Crippen LogP contribution in [-0.4, -0.2) is 11.7 Å². The predicted octanol–water partition coefficient (Wildman–Crippen LogP) is 4.60. The molecule has 0 unspecified atom stereocenters. The van der Waals surface area contributed by atoms with E-state index in [1.165, 1.54) is 23.9 Å². The lowest BCUT2D eigenvalue weighted by molar-refractivity contribution is -0.113. The zero-order valence-electron chi connectivity index (χ0n) is 10.5. The second-order valence-electron chi connectivity index (χ2n) is 4.04. The van der Waals surface area contributed by atoms with Gasteiger partial charge in [0.15, 0.2) is 5.82 Å². The van der Waals surface area contributed by atoms with Gasteiger partial charge in [-0.2, -0.15) is 0 Å². The first-order valence-electron chi connectivity index (χ1n) is 5.78. The molecule has 2 nitrogen and oxygen atoms in total. The number of rotatable bonds is 4. The lowest BCUT2D eigenvalue weighted by Gasteiger charge is -2.08. The fraction of sp³-hybridized carbons (Fsp3) is 0.0714. The molecule has 0 heterocycles. The van der Waals surface area contributed by atoms with Crippen LogP contribution in [0.15, 0.2) is 45.8 Å². The van der Waals surface area contributed by atoms with Gasteiger partial charge in [-0.1, -0.05) is 0 Å². The van der Waals surface area contributed by atoms with Gasteiger partial charge >= 0.3 is 0 Å². The van der Waals surface area contributed by atoms with Crippen molar-refractivity contribution in [2.45, 2.75) is 4.90 Å². The van der Waals surface area contributed by atoms with Crippen molar-refractivity contribution in [3.8, 4) is 0 Å². The van der Waals surface area contributed by atoms with Gasteiger partial charge in [-0.05, 0) is 46.3 Å². The standard InChI is InChI=1S/C14H9BrF3NOS/c15-11-5-9(17)6-12(18)14(11)19-13(20)7-21-10-3-1-8(16)2-4-10/h1-6H,7H2,(H,19,20). The molecule has 0 aliphatic heterocycles. The Labute approximate surface area is 131 Å². The van der Waals surface area contributed by atoms with E-state index in [-0.39, 0.29) is 21.7 Å². The van der Waals surface area contributed by atoms with E-state index in [4.69, 9.17) is 0 Å². The first-order chi connectivity index (χ1) is 9.95. The summed E-state index contributed by atoms with van der Waals surface area (Å²) in [6.07, 6.45) is 0. The van der Waals surface area contributed by atoms with Crippen molar-refractivity contribution in [3.05, 3.63) is 58.3 Å². The molecule has 0 saturated heterocycles. The summed E-state index contributed by atoms with van der Waals surface area (Å²) < 4.78 is 39.3. The molecule has 0 bridgehead atoms. The molecule has 0 saturated carbocycles. The van der Waals surface area contributed by atoms with Crippen LogP contribution in [0.4, 0.5) is 18.9 Å². The molecule has 0 atom stereocenters. The van der Waals surface area contributed by atoms with Crippen LogP contribution in [0.2, 0.25) is 0 Å². The summed E-state index contributed by atoms with van der Waals surface area (Å²) in [5.41, 5.74) is -0.110. The van der Waals surface area contributed by atoms with Crippen molar-refractivity contribution < 1.29 is 18.0 Å². The Kier molecular flexibility index (Phi) is 5.30. The molecule has 0 fully saturated rings. The van der Waals surface area contributed by atoms with Crippen molar-refractivity contribution >= 4 is 39.3 Å². The minimum atomic E-state index is -0.859. The number of halogens is 4. The van der Waals surface area contributed by atoms with E-state index in [9.17, 15) is 18.0 Å². The lowest BCUT2D eigenvalue weighted by Crippen LogP contribution is -2.15. The van der Waals surface area contributed by atoms with Crippen LogP contribution in [0, 0.1) is 17.5 Å². The second kappa shape index (κ2) is 7.00. The molecule has 7 heteroatoms. The topological polar surface area (TPSA) is 29.1 Å². The van der Waals surface area contributed by atoms with E-state index in [1.807, 2.05) is 0 Å². The zero-order chi connectivity index (χ0) is 15.4. The van der Waals surface area contributed by atoms with Crippen molar-refractivity contribution in [2.24, 2.45) is 0 Å². The smallest absolute Gasteiger partial charge is 0.234 e. The molecular weight excluding hydrogens is 367 g/mol. The van der Waals surface area contributed by atoms with Crippen LogP contribution >= 0.6 is 27.7 Å². The number of carbonyl (C=O) groups is 1. The van der Waals surface area contributed by atoms with E-state index in [0.717, 1.165) is 6.07 Å². The number of benzene rings is 2. The van der Waals surface area contributed by atoms with Crippen LogP contribution in [0.5, 0.6) is 0 Å². The molecular formula is C14H9BrF3NOS. The largest absolute Gasteiger partial charge is 0.322 e. The maximum Gasteiger partial charge on any atom is 0.234 e. The number of thioether (sulfide) groups is 1. The highest BCUT2D eigenvalue weighted by Gasteiger charge is 2.13. The average molecular weight is 376 g/mol. The Hall–Kier alpha value is -1.47. The Morgan fingerprint density at radius 3 is 2.38 bits per heavy atom. The number of nitrogens with one attached hydrogen (secondary N) is 1. The van der Waals surface area contributed by atoms with Crippen molar-refractivity contribution in [2.75, 3.05) is 11.1 Å². The summed E-state index contributed by atoms with van der Waals surface area (Å²) in [7, 11) is 0. The number of amides is 1. The van der Waals surface area contributed by atoms with Crippen LogP contribution < -0.4 is 5.32 Å². The molecule has 2 aromatic carbocycles. The van der Waals surface area contributed by atoms with Gasteiger partial charge in [0.1, 0.15) is 11.6 Å². The molecule has 2 rings (SSSR count). The normalized spacial score (nSPS) is 10.5. The third kappa shape index (κ3) is 4.50. The van der Waals surface area contributed by atoms with Gasteiger partial charge in [0, 0.05) is 15.4 Å². The lowest BCUT2D eigenvalue weighted by atomic mass is 10.3. The van der Waals surface area contributed by atoms with Gasteiger partial charge in [0.05, 0.1) is 11.4 Å². The number of hydrogen-bond acceptors (Lipinski definition) is 2. The van der Waals surface area contributed by atoms with Gasteiger partial charge in [-0.3, -0.25) is 4.79 Å². The summed E-state index contributed by atoms with van der Waals surface area (Å²) in [5.74, 6) is -2.38. The first kappa shape index (κ1) is 15.9. The summed E-state index contributed by atoms with van der Waals surface area (Å²) in [5, 5.41) is 2.36. The summed E-state index contributed by atoms with van der Waals surface area (Å²) >= 11 is 4.17. The Bertz CT molecular complexity index is 641. The van der Waals surface area contributed by atoms with Crippen LogP contribution in [0.3, 0.4) is 0 Å². The molecule has 0 radical (unpaired) electrons. The van der Waals surface area contributed by atoms with Gasteiger partial charge in [-0.15, -0.1) is 11.8 Å². The Morgan fingerprint density at radius 1 is 1.10 bits per heavy atom. The zero-order valence-corrected chi connectivity index (χ0v) is 12.9. The number of hydrogen-bond donors (Lipinski definition) is 1. The van der Waals surface area contributed by atoms with Crippen LogP contribution in [-0.2, 0) is 4.79 Å². The predicted molar refractivity (Wildman–Crippen MR) is 79.8 cm³/mol. The molecule has 0 aromatic heterocycles. The third-order valence-electron chi connectivity index (χ3n) is 2.45. The van der Waals surface area contributed by atoms with Crippen LogP contribution in [0.1, 0.15) is 0 Å². The molecule has 0 aliphatic carbocycles. The molecule has 1 amide bonds. The quantitative estimate of drug-likeness (QED) is 0.791. The fourth-order valence-electron chi connectivity index (χ4n) is 1.52. The number of carbonyl (C=O) groups excluding carboxylic acids is 1. The third-order valence-corrected chi connectivity index (χ3v) is 4.09. The van der Waals surface area contributed by atoms with Crippen molar-refractivity contribution in [3.63, 3.8) is 0 Å². The highest BCUT2D eigenvalue weighted by molar-refractivity contribution is 9.10. The SMILES string of the molecule is O=C(CSc1ccc(F)cc1)Nc1c(F)cc(F)cc1Br. The molecule has 0 aliphatic rings. The average Bonchev–Trinajstić information content (AvgIpc) is 2.42. The van der Waals surface area contributed by atoms with E-state index in [2.05, 4.69) is 21.2 Å². The van der Waals surface area contributed by atoms with E-state index in [1.54, 1.807) is 12.1 Å². The molecule has 110 valence electrons. The summed E-state index contributed by atoms with van der Waals surface area (Å²) in [6, 6.07) is 7.41. The maximum absolute atomic E-state index is 13.5. The minimum absolute atomic E-state index is 0.0227. The van der Waals surface area contributed by atoms with Crippen LogP contribution in [0.25, 0.3) is 0 Å². The van der Waals surface area contributed by atoms with Gasteiger partial charge in [0.2, 0.25) is 5.91 Å².